The van der Waals surface area contributed by atoms with Crippen LogP contribution in [0.3, 0.4) is 0 Å². The van der Waals surface area contributed by atoms with E-state index >= 15 is 0 Å². The van der Waals surface area contributed by atoms with Crippen LogP contribution in [-0.4, -0.2) is 58.6 Å². The van der Waals surface area contributed by atoms with Gasteiger partial charge in [-0.3, -0.25) is 0 Å². The van der Waals surface area contributed by atoms with Crippen molar-refractivity contribution in [2.45, 2.75) is 33.2 Å². The molecule has 6 heteroatoms. The summed E-state index contributed by atoms with van der Waals surface area (Å²) >= 11 is 0. The van der Waals surface area contributed by atoms with E-state index in [0.29, 0.717) is 26.4 Å². The molecule has 1 aliphatic rings. The number of rotatable bonds is 13. The Morgan fingerprint density at radius 3 is 2.57 bits per heavy atom. The lowest BCUT2D eigenvalue weighted by molar-refractivity contribution is 0.0487. The second-order valence-electron chi connectivity index (χ2n) is 6.75. The number of hydrogen-bond acceptors (Lipinski definition) is 4. The molecule has 0 unspecified atom stereocenters. The van der Waals surface area contributed by atoms with Gasteiger partial charge in [0.15, 0.2) is 5.96 Å². The monoisotopic (exact) mass is 388 g/mol. The summed E-state index contributed by atoms with van der Waals surface area (Å²) < 4.78 is 11.1. The van der Waals surface area contributed by atoms with Gasteiger partial charge >= 0.3 is 0 Å². The van der Waals surface area contributed by atoms with Gasteiger partial charge in [0.25, 0.3) is 0 Å². The zero-order valence-electron chi connectivity index (χ0n) is 17.5. The average Bonchev–Trinajstić information content (AvgIpc) is 3.26. The second-order valence-corrected chi connectivity index (χ2v) is 6.75. The molecule has 6 nitrogen and oxygen atoms in total. The normalized spacial score (nSPS) is 13.9. The summed E-state index contributed by atoms with van der Waals surface area (Å²) in [5, 5.41) is 6.61. The first-order valence-electron chi connectivity index (χ1n) is 10.5. The molecule has 1 aliphatic heterocycles. The van der Waals surface area contributed by atoms with E-state index in [1.807, 2.05) is 0 Å². The van der Waals surface area contributed by atoms with Crippen molar-refractivity contribution in [1.82, 2.24) is 10.6 Å². The Morgan fingerprint density at radius 1 is 1.04 bits per heavy atom. The molecule has 0 atom stereocenters. The molecule has 0 fully saturated rings. The predicted octanol–water partition coefficient (Wildman–Crippen LogP) is 2.95. The van der Waals surface area contributed by atoms with E-state index in [9.17, 15) is 0 Å². The summed E-state index contributed by atoms with van der Waals surface area (Å²) in [5.74, 6) is 0.818. The van der Waals surface area contributed by atoms with E-state index in [4.69, 9.17) is 14.5 Å². The van der Waals surface area contributed by atoms with Crippen LogP contribution in [0.2, 0.25) is 0 Å². The minimum atomic E-state index is 0.636. The molecular weight excluding hydrogens is 352 g/mol. The Morgan fingerprint density at radius 2 is 1.82 bits per heavy atom. The van der Waals surface area contributed by atoms with Crippen LogP contribution in [0.1, 0.15) is 32.3 Å². The first kappa shape index (κ1) is 22.2. The number of nitrogens with one attached hydrogen (secondary N) is 2. The van der Waals surface area contributed by atoms with Crippen molar-refractivity contribution in [2.24, 2.45) is 4.99 Å². The summed E-state index contributed by atoms with van der Waals surface area (Å²) in [4.78, 5) is 7.05. The SMILES string of the molecule is CCCCOCCOCCNC(=NCc1cccc(N2CC=CC2)c1)NCC. The molecule has 0 saturated heterocycles. The molecular formula is C22H36N4O2. The van der Waals surface area contributed by atoms with Crippen molar-refractivity contribution < 1.29 is 9.47 Å². The fourth-order valence-corrected chi connectivity index (χ4v) is 2.86. The summed E-state index contributed by atoms with van der Waals surface area (Å²) in [7, 11) is 0. The highest BCUT2D eigenvalue weighted by molar-refractivity contribution is 5.79. The summed E-state index contributed by atoms with van der Waals surface area (Å²) in [5.41, 5.74) is 2.47. The van der Waals surface area contributed by atoms with Gasteiger partial charge in [0.05, 0.1) is 26.4 Å². The van der Waals surface area contributed by atoms with Gasteiger partial charge in [-0.15, -0.1) is 0 Å². The van der Waals surface area contributed by atoms with Crippen LogP contribution in [0.5, 0.6) is 0 Å². The smallest absolute Gasteiger partial charge is 0.191 e. The van der Waals surface area contributed by atoms with Crippen LogP contribution in [0.15, 0.2) is 41.4 Å². The Balaban J connectivity index is 1.69. The van der Waals surface area contributed by atoms with Crippen molar-refractivity contribution in [1.29, 1.82) is 0 Å². The standard InChI is InChI=1S/C22H36N4O2/c1-3-5-14-27-16-17-28-15-11-24-22(23-4-2)25-19-20-9-8-10-21(18-20)26-12-6-7-13-26/h6-10,18H,3-5,11-17,19H2,1-2H3,(H2,23,24,25). The maximum absolute atomic E-state index is 5.60. The predicted molar refractivity (Wildman–Crippen MR) is 117 cm³/mol. The maximum Gasteiger partial charge on any atom is 0.191 e. The van der Waals surface area contributed by atoms with E-state index in [1.54, 1.807) is 0 Å². The summed E-state index contributed by atoms with van der Waals surface area (Å²) in [6.45, 7) is 11.2. The zero-order chi connectivity index (χ0) is 19.9. The number of nitrogens with zero attached hydrogens (tertiary/aromatic N) is 2. The molecule has 0 aromatic heterocycles. The van der Waals surface area contributed by atoms with Gasteiger partial charge in [0.1, 0.15) is 0 Å². The first-order valence-corrected chi connectivity index (χ1v) is 10.5. The minimum absolute atomic E-state index is 0.636. The molecule has 28 heavy (non-hydrogen) atoms. The highest BCUT2D eigenvalue weighted by Crippen LogP contribution is 2.18. The molecule has 1 aromatic carbocycles. The van der Waals surface area contributed by atoms with Crippen molar-refractivity contribution in [3.63, 3.8) is 0 Å². The number of ether oxygens (including phenoxy) is 2. The lowest BCUT2D eigenvalue weighted by Gasteiger charge is -2.18. The largest absolute Gasteiger partial charge is 0.379 e. The minimum Gasteiger partial charge on any atom is -0.379 e. The van der Waals surface area contributed by atoms with Gasteiger partial charge < -0.3 is 25.0 Å². The summed E-state index contributed by atoms with van der Waals surface area (Å²) in [6, 6.07) is 8.62. The molecule has 156 valence electrons. The fourth-order valence-electron chi connectivity index (χ4n) is 2.86. The Kier molecular flexibility index (Phi) is 11.1. The van der Waals surface area contributed by atoms with Crippen molar-refractivity contribution in [3.8, 4) is 0 Å². The lowest BCUT2D eigenvalue weighted by Crippen LogP contribution is -2.39. The molecule has 2 N–H and O–H groups in total. The Labute approximate surface area is 170 Å². The first-order chi connectivity index (χ1) is 13.8. The van der Waals surface area contributed by atoms with E-state index in [1.165, 1.54) is 11.3 Å². The van der Waals surface area contributed by atoms with Crippen molar-refractivity contribution in [2.75, 3.05) is 57.5 Å². The van der Waals surface area contributed by atoms with Crippen LogP contribution in [0.4, 0.5) is 5.69 Å². The van der Waals surface area contributed by atoms with Crippen LogP contribution in [0, 0.1) is 0 Å². The molecule has 1 aromatic rings. The molecule has 0 bridgehead atoms. The number of hydrogen-bond donors (Lipinski definition) is 2. The lowest BCUT2D eigenvalue weighted by atomic mass is 10.2. The van der Waals surface area contributed by atoms with Gasteiger partial charge in [-0.25, -0.2) is 4.99 Å². The topological polar surface area (TPSA) is 58.1 Å². The highest BCUT2D eigenvalue weighted by atomic mass is 16.5. The number of unbranched alkanes of at least 4 members (excludes halogenated alkanes) is 1. The van der Waals surface area contributed by atoms with Gasteiger partial charge in [-0.05, 0) is 31.0 Å². The van der Waals surface area contributed by atoms with Crippen LogP contribution in [0.25, 0.3) is 0 Å². The van der Waals surface area contributed by atoms with E-state index in [-0.39, 0.29) is 0 Å². The van der Waals surface area contributed by atoms with Crippen LogP contribution >= 0.6 is 0 Å². The number of benzene rings is 1. The van der Waals surface area contributed by atoms with Crippen molar-refractivity contribution in [3.05, 3.63) is 42.0 Å². The molecule has 0 saturated carbocycles. The molecule has 0 radical (unpaired) electrons. The van der Waals surface area contributed by atoms with Gasteiger partial charge in [0.2, 0.25) is 0 Å². The van der Waals surface area contributed by atoms with E-state index < -0.39 is 0 Å². The second kappa shape index (κ2) is 14.0. The molecule has 2 rings (SSSR count). The maximum atomic E-state index is 5.60. The third-order valence-corrected chi connectivity index (χ3v) is 4.41. The molecule has 1 heterocycles. The Bertz CT molecular complexity index is 596. The molecule has 0 spiro atoms. The quantitative estimate of drug-likeness (QED) is 0.235. The zero-order valence-corrected chi connectivity index (χ0v) is 17.5. The van der Waals surface area contributed by atoms with Crippen molar-refractivity contribution >= 4 is 11.6 Å². The van der Waals surface area contributed by atoms with E-state index in [2.05, 4.69) is 65.8 Å². The molecule has 0 aliphatic carbocycles. The number of guanidine groups is 1. The van der Waals surface area contributed by atoms with Crippen LogP contribution in [-0.2, 0) is 16.0 Å². The third-order valence-electron chi connectivity index (χ3n) is 4.41. The van der Waals surface area contributed by atoms with Gasteiger partial charge in [0, 0.05) is 38.5 Å². The number of aliphatic imine (C=N–C) groups is 1. The summed E-state index contributed by atoms with van der Waals surface area (Å²) in [6.07, 6.45) is 6.69. The Hall–Kier alpha value is -2.05. The van der Waals surface area contributed by atoms with Crippen LogP contribution < -0.4 is 15.5 Å². The van der Waals surface area contributed by atoms with Gasteiger partial charge in [-0.2, -0.15) is 0 Å². The average molecular weight is 389 g/mol. The molecule has 0 amide bonds. The third kappa shape index (κ3) is 8.76. The van der Waals surface area contributed by atoms with Gasteiger partial charge in [-0.1, -0.05) is 37.6 Å². The highest BCUT2D eigenvalue weighted by Gasteiger charge is 2.07. The fraction of sp³-hybridized carbons (Fsp3) is 0.591. The number of anilines is 1. The van der Waals surface area contributed by atoms with E-state index in [0.717, 1.165) is 51.6 Å².